The summed E-state index contributed by atoms with van der Waals surface area (Å²) in [5, 5.41) is 13.4. The number of non-ortho nitro benzene ring substituents is 1. The highest BCUT2D eigenvalue weighted by molar-refractivity contribution is 8.00. The van der Waals surface area contributed by atoms with E-state index >= 15 is 0 Å². The fraction of sp³-hybridized carbons (Fsp3) is 0.316. The summed E-state index contributed by atoms with van der Waals surface area (Å²) in [4.78, 5) is 26.0. The second kappa shape index (κ2) is 8.23. The Hall–Kier alpha value is -2.54. The van der Waals surface area contributed by atoms with Gasteiger partial charge in [0.25, 0.3) is 5.69 Å². The highest BCUT2D eigenvalue weighted by Gasteiger charge is 2.19. The smallest absolute Gasteiger partial charge is 0.269 e. The second-order valence-corrected chi connectivity index (χ2v) is 7.63. The number of para-hydroxylation sites is 2. The molecule has 0 spiro atoms. The van der Waals surface area contributed by atoms with Crippen LogP contribution in [-0.4, -0.2) is 29.2 Å². The number of carbonyl (C=O) groups excluding carboxylic acids is 1. The molecule has 1 N–H and O–H groups in total. The Balaban J connectivity index is 1.65. The monoisotopic (exact) mass is 371 g/mol. The Bertz CT molecular complexity index is 789. The van der Waals surface area contributed by atoms with Gasteiger partial charge in [-0.25, -0.2) is 0 Å². The van der Waals surface area contributed by atoms with Crippen LogP contribution in [0.1, 0.15) is 19.8 Å². The summed E-state index contributed by atoms with van der Waals surface area (Å²) in [5.74, 6) is -0.0833. The lowest BCUT2D eigenvalue weighted by atomic mass is 10.2. The van der Waals surface area contributed by atoms with Gasteiger partial charge in [0.05, 0.1) is 21.5 Å². The van der Waals surface area contributed by atoms with Gasteiger partial charge in [0.1, 0.15) is 0 Å². The van der Waals surface area contributed by atoms with E-state index < -0.39 is 4.92 Å². The highest BCUT2D eigenvalue weighted by atomic mass is 32.2. The fourth-order valence-corrected chi connectivity index (χ4v) is 3.82. The molecule has 26 heavy (non-hydrogen) atoms. The van der Waals surface area contributed by atoms with Crippen molar-refractivity contribution in [1.29, 1.82) is 0 Å². The van der Waals surface area contributed by atoms with E-state index in [1.165, 1.54) is 36.7 Å². The highest BCUT2D eigenvalue weighted by Crippen LogP contribution is 2.30. The standard InChI is InChI=1S/C19H21N3O3S/c1-14(26-16-10-8-15(9-11-16)22(24)25)19(23)20-17-6-2-3-7-18(17)21-12-4-5-13-21/h2-3,6-11,14H,4-5,12-13H2,1H3,(H,20,23). The van der Waals surface area contributed by atoms with E-state index in [0.29, 0.717) is 0 Å². The van der Waals surface area contributed by atoms with Gasteiger partial charge in [-0.3, -0.25) is 14.9 Å². The maximum Gasteiger partial charge on any atom is 0.269 e. The van der Waals surface area contributed by atoms with E-state index in [1.54, 1.807) is 12.1 Å². The van der Waals surface area contributed by atoms with Crippen LogP contribution in [0.15, 0.2) is 53.4 Å². The molecular formula is C19H21N3O3S. The van der Waals surface area contributed by atoms with Gasteiger partial charge in [0, 0.05) is 30.1 Å². The molecule has 0 aliphatic carbocycles. The van der Waals surface area contributed by atoms with Gasteiger partial charge in [-0.05, 0) is 44.0 Å². The normalized spacial score (nSPS) is 14.9. The third-order valence-corrected chi connectivity index (χ3v) is 5.45. The van der Waals surface area contributed by atoms with E-state index in [1.807, 2.05) is 31.2 Å². The molecule has 0 aromatic heterocycles. The van der Waals surface area contributed by atoms with E-state index in [9.17, 15) is 14.9 Å². The average Bonchev–Trinajstić information content (AvgIpc) is 3.17. The van der Waals surface area contributed by atoms with E-state index in [0.717, 1.165) is 29.4 Å². The van der Waals surface area contributed by atoms with Crippen molar-refractivity contribution >= 4 is 34.7 Å². The minimum absolute atomic E-state index is 0.0472. The quantitative estimate of drug-likeness (QED) is 0.465. The Kier molecular flexibility index (Phi) is 5.78. The molecular weight excluding hydrogens is 350 g/mol. The van der Waals surface area contributed by atoms with Crippen LogP contribution in [-0.2, 0) is 4.79 Å². The SMILES string of the molecule is CC(Sc1ccc([N+](=O)[O-])cc1)C(=O)Nc1ccccc1N1CCCC1. The molecule has 0 saturated carbocycles. The van der Waals surface area contributed by atoms with Crippen molar-refractivity contribution in [3.8, 4) is 0 Å². The van der Waals surface area contributed by atoms with Crippen molar-refractivity contribution in [1.82, 2.24) is 0 Å². The van der Waals surface area contributed by atoms with Crippen molar-refractivity contribution in [2.24, 2.45) is 0 Å². The zero-order valence-electron chi connectivity index (χ0n) is 14.6. The number of nitro groups is 1. The molecule has 1 saturated heterocycles. The third kappa shape index (κ3) is 4.35. The summed E-state index contributed by atoms with van der Waals surface area (Å²) in [6.07, 6.45) is 2.35. The number of amides is 1. The number of nitro benzene ring substituents is 1. The first-order valence-electron chi connectivity index (χ1n) is 8.60. The molecule has 1 unspecified atom stereocenters. The van der Waals surface area contributed by atoms with Crippen molar-refractivity contribution in [2.45, 2.75) is 29.9 Å². The molecule has 1 atom stereocenters. The van der Waals surface area contributed by atoms with E-state index in [-0.39, 0.29) is 16.8 Å². The molecule has 2 aromatic rings. The van der Waals surface area contributed by atoms with Crippen LogP contribution in [0.2, 0.25) is 0 Å². The molecule has 1 heterocycles. The number of anilines is 2. The van der Waals surface area contributed by atoms with Gasteiger partial charge in [-0.15, -0.1) is 11.8 Å². The Labute approximate surface area is 156 Å². The summed E-state index contributed by atoms with van der Waals surface area (Å²) in [6.45, 7) is 3.86. The number of carbonyl (C=O) groups is 1. The van der Waals surface area contributed by atoms with Gasteiger partial charge < -0.3 is 10.2 Å². The maximum absolute atomic E-state index is 12.6. The molecule has 1 aliphatic rings. The Morgan fingerprint density at radius 1 is 1.15 bits per heavy atom. The molecule has 2 aromatic carbocycles. The number of hydrogen-bond donors (Lipinski definition) is 1. The average molecular weight is 371 g/mol. The molecule has 1 fully saturated rings. The van der Waals surface area contributed by atoms with Crippen molar-refractivity contribution in [3.05, 3.63) is 58.6 Å². The van der Waals surface area contributed by atoms with Crippen molar-refractivity contribution < 1.29 is 9.72 Å². The summed E-state index contributed by atoms with van der Waals surface area (Å²) < 4.78 is 0. The van der Waals surface area contributed by atoms with Gasteiger partial charge in [-0.2, -0.15) is 0 Å². The molecule has 1 amide bonds. The number of nitrogens with zero attached hydrogens (tertiary/aromatic N) is 2. The van der Waals surface area contributed by atoms with Gasteiger partial charge >= 0.3 is 0 Å². The van der Waals surface area contributed by atoms with Crippen LogP contribution in [0.5, 0.6) is 0 Å². The second-order valence-electron chi connectivity index (χ2n) is 6.21. The predicted octanol–water partition coefficient (Wildman–Crippen LogP) is 4.31. The molecule has 6 nitrogen and oxygen atoms in total. The summed E-state index contributed by atoms with van der Waals surface area (Å²) in [6, 6.07) is 14.1. The first-order valence-corrected chi connectivity index (χ1v) is 9.48. The molecule has 7 heteroatoms. The predicted molar refractivity (Wildman–Crippen MR) is 105 cm³/mol. The minimum atomic E-state index is -0.431. The number of rotatable bonds is 6. The zero-order valence-corrected chi connectivity index (χ0v) is 15.4. The van der Waals surface area contributed by atoms with Gasteiger partial charge in [-0.1, -0.05) is 12.1 Å². The van der Waals surface area contributed by atoms with Crippen LogP contribution in [0, 0.1) is 10.1 Å². The molecule has 3 rings (SSSR count). The van der Waals surface area contributed by atoms with Crippen LogP contribution in [0.3, 0.4) is 0 Å². The lowest BCUT2D eigenvalue weighted by Gasteiger charge is -2.22. The number of nitrogens with one attached hydrogen (secondary N) is 1. The molecule has 136 valence electrons. The molecule has 1 aliphatic heterocycles. The maximum atomic E-state index is 12.6. The largest absolute Gasteiger partial charge is 0.370 e. The van der Waals surface area contributed by atoms with Crippen LogP contribution >= 0.6 is 11.8 Å². The number of benzene rings is 2. The lowest BCUT2D eigenvalue weighted by molar-refractivity contribution is -0.384. The van der Waals surface area contributed by atoms with E-state index in [4.69, 9.17) is 0 Å². The Morgan fingerprint density at radius 2 is 1.81 bits per heavy atom. The third-order valence-electron chi connectivity index (χ3n) is 4.34. The summed E-state index contributed by atoms with van der Waals surface area (Å²) >= 11 is 1.38. The Morgan fingerprint density at radius 3 is 2.46 bits per heavy atom. The van der Waals surface area contributed by atoms with Crippen molar-refractivity contribution in [3.63, 3.8) is 0 Å². The van der Waals surface area contributed by atoms with Crippen LogP contribution < -0.4 is 10.2 Å². The first-order chi connectivity index (χ1) is 12.5. The van der Waals surface area contributed by atoms with E-state index in [2.05, 4.69) is 10.2 Å². The first kappa shape index (κ1) is 18.3. The van der Waals surface area contributed by atoms with Crippen LogP contribution in [0.25, 0.3) is 0 Å². The zero-order chi connectivity index (χ0) is 18.5. The summed E-state index contributed by atoms with van der Waals surface area (Å²) in [5.41, 5.74) is 1.94. The van der Waals surface area contributed by atoms with Crippen LogP contribution in [0.4, 0.5) is 17.1 Å². The molecule has 0 radical (unpaired) electrons. The minimum Gasteiger partial charge on any atom is -0.370 e. The van der Waals surface area contributed by atoms with Crippen molar-refractivity contribution in [2.75, 3.05) is 23.3 Å². The lowest BCUT2D eigenvalue weighted by Crippen LogP contribution is -2.25. The molecule has 0 bridgehead atoms. The van der Waals surface area contributed by atoms with Gasteiger partial charge in [0.15, 0.2) is 0 Å². The number of thioether (sulfide) groups is 1. The number of hydrogen-bond acceptors (Lipinski definition) is 5. The van der Waals surface area contributed by atoms with Gasteiger partial charge in [0.2, 0.25) is 5.91 Å². The topological polar surface area (TPSA) is 75.5 Å². The summed E-state index contributed by atoms with van der Waals surface area (Å²) in [7, 11) is 0. The fourth-order valence-electron chi connectivity index (χ4n) is 2.95.